The van der Waals surface area contributed by atoms with Gasteiger partial charge in [-0.3, -0.25) is 4.79 Å². The summed E-state index contributed by atoms with van der Waals surface area (Å²) in [6.45, 7) is 3.78. The molecule has 0 radical (unpaired) electrons. The van der Waals surface area contributed by atoms with Crippen LogP contribution in [0.25, 0.3) is 0 Å². The van der Waals surface area contributed by atoms with Gasteiger partial charge in [-0.15, -0.1) is 0 Å². The quantitative estimate of drug-likeness (QED) is 0.844. The van der Waals surface area contributed by atoms with Crippen molar-refractivity contribution in [2.24, 2.45) is 0 Å². The second-order valence-corrected chi connectivity index (χ2v) is 8.16. The highest BCUT2D eigenvalue weighted by Crippen LogP contribution is 2.27. The Balaban J connectivity index is 2.11. The second-order valence-electron chi connectivity index (χ2n) is 6.23. The Labute approximate surface area is 146 Å². The molecule has 0 saturated carbocycles. The lowest BCUT2D eigenvalue weighted by Gasteiger charge is -2.28. The fraction of sp³-hybridized carbons (Fsp3) is 0.211. The number of hydrogen-bond acceptors (Lipinski definition) is 3. The molecule has 0 spiro atoms. The zero-order valence-electron chi connectivity index (χ0n) is 13.9. The van der Waals surface area contributed by atoms with Gasteiger partial charge < -0.3 is 4.90 Å². The van der Waals surface area contributed by atoms with E-state index < -0.39 is 27.6 Å². The van der Waals surface area contributed by atoms with E-state index in [1.165, 1.54) is 29.2 Å². The highest BCUT2D eigenvalue weighted by atomic mass is 32.2. The number of anilines is 1. The summed E-state index contributed by atoms with van der Waals surface area (Å²) in [4.78, 5) is 14.4. The van der Waals surface area contributed by atoms with Gasteiger partial charge in [0.15, 0.2) is 9.84 Å². The standard InChI is InChI=1S/C19H18FNO3S/c1-13-9-14(2)11-16(10-13)21(15-7-8-25(23,24)12-15)19(22)17-5-3-4-6-18(17)20/h3-11,15H,12H2,1-2H3. The molecule has 4 nitrogen and oxygen atoms in total. The third kappa shape index (κ3) is 3.64. The van der Waals surface area contributed by atoms with E-state index in [-0.39, 0.29) is 11.3 Å². The topological polar surface area (TPSA) is 54.5 Å². The van der Waals surface area contributed by atoms with Crippen molar-refractivity contribution in [3.05, 3.63) is 76.5 Å². The molecule has 1 amide bonds. The van der Waals surface area contributed by atoms with Crippen LogP contribution >= 0.6 is 0 Å². The van der Waals surface area contributed by atoms with Crippen LogP contribution in [0, 0.1) is 19.7 Å². The van der Waals surface area contributed by atoms with Crippen molar-refractivity contribution < 1.29 is 17.6 Å². The van der Waals surface area contributed by atoms with Crippen molar-refractivity contribution >= 4 is 21.4 Å². The number of rotatable bonds is 3. The van der Waals surface area contributed by atoms with Crippen molar-refractivity contribution in [3.63, 3.8) is 0 Å². The molecule has 130 valence electrons. The SMILES string of the molecule is Cc1cc(C)cc(N(C(=O)c2ccccc2F)C2C=CS(=O)(=O)C2)c1. The van der Waals surface area contributed by atoms with E-state index in [0.29, 0.717) is 5.69 Å². The Morgan fingerprint density at radius 2 is 1.76 bits per heavy atom. The van der Waals surface area contributed by atoms with Gasteiger partial charge in [-0.05, 0) is 55.3 Å². The Morgan fingerprint density at radius 3 is 2.32 bits per heavy atom. The minimum Gasteiger partial charge on any atom is -0.300 e. The number of nitrogens with zero attached hydrogens (tertiary/aromatic N) is 1. The normalized spacial score (nSPS) is 18.3. The molecular weight excluding hydrogens is 341 g/mol. The van der Waals surface area contributed by atoms with Crippen LogP contribution in [0.3, 0.4) is 0 Å². The summed E-state index contributed by atoms with van der Waals surface area (Å²) >= 11 is 0. The van der Waals surface area contributed by atoms with Crippen LogP contribution in [-0.4, -0.2) is 26.1 Å². The summed E-state index contributed by atoms with van der Waals surface area (Å²) in [6.07, 6.45) is 1.48. The van der Waals surface area contributed by atoms with Gasteiger partial charge in [-0.2, -0.15) is 0 Å². The summed E-state index contributed by atoms with van der Waals surface area (Å²) in [7, 11) is -3.36. The lowest BCUT2D eigenvalue weighted by molar-refractivity contribution is 0.0979. The van der Waals surface area contributed by atoms with Crippen LogP contribution in [0.4, 0.5) is 10.1 Å². The summed E-state index contributed by atoms with van der Waals surface area (Å²) in [5.41, 5.74) is 2.34. The Morgan fingerprint density at radius 1 is 1.12 bits per heavy atom. The maximum absolute atomic E-state index is 14.1. The van der Waals surface area contributed by atoms with E-state index >= 15 is 0 Å². The van der Waals surface area contributed by atoms with E-state index in [0.717, 1.165) is 16.5 Å². The third-order valence-corrected chi connectivity index (χ3v) is 5.43. The molecule has 0 N–H and O–H groups in total. The highest BCUT2D eigenvalue weighted by Gasteiger charge is 2.33. The fourth-order valence-corrected chi connectivity index (χ4v) is 4.30. The van der Waals surface area contributed by atoms with Gasteiger partial charge in [0.05, 0.1) is 17.4 Å². The molecule has 1 heterocycles. The van der Waals surface area contributed by atoms with Crippen LogP contribution in [0.1, 0.15) is 21.5 Å². The highest BCUT2D eigenvalue weighted by molar-refractivity contribution is 7.94. The van der Waals surface area contributed by atoms with Gasteiger partial charge in [0.25, 0.3) is 5.91 Å². The monoisotopic (exact) mass is 359 g/mol. The predicted octanol–water partition coefficient (Wildman–Crippen LogP) is 3.40. The van der Waals surface area contributed by atoms with Gasteiger partial charge in [-0.25, -0.2) is 12.8 Å². The number of carbonyl (C=O) groups is 1. The van der Waals surface area contributed by atoms with E-state index in [4.69, 9.17) is 0 Å². The number of sulfone groups is 1. The molecule has 1 atom stereocenters. The minimum atomic E-state index is -3.36. The second kappa shape index (κ2) is 6.44. The Kier molecular flexibility index (Phi) is 4.47. The van der Waals surface area contributed by atoms with Crippen LogP contribution in [-0.2, 0) is 9.84 Å². The average molecular weight is 359 g/mol. The van der Waals surface area contributed by atoms with Gasteiger partial charge in [0, 0.05) is 11.1 Å². The maximum atomic E-state index is 14.1. The molecular formula is C19H18FNO3S. The lowest BCUT2D eigenvalue weighted by Crippen LogP contribution is -2.41. The third-order valence-electron chi connectivity index (χ3n) is 4.05. The van der Waals surface area contributed by atoms with Crippen LogP contribution < -0.4 is 4.90 Å². The largest absolute Gasteiger partial charge is 0.300 e. The van der Waals surface area contributed by atoms with Crippen molar-refractivity contribution in [2.75, 3.05) is 10.7 Å². The molecule has 25 heavy (non-hydrogen) atoms. The molecule has 0 bridgehead atoms. The van der Waals surface area contributed by atoms with Crippen LogP contribution in [0.15, 0.2) is 53.9 Å². The van der Waals surface area contributed by atoms with Crippen molar-refractivity contribution in [1.29, 1.82) is 0 Å². The van der Waals surface area contributed by atoms with Crippen LogP contribution in [0.5, 0.6) is 0 Å². The summed E-state index contributed by atoms with van der Waals surface area (Å²) in [5, 5.41) is 1.11. The molecule has 2 aromatic carbocycles. The molecule has 6 heteroatoms. The van der Waals surface area contributed by atoms with Crippen molar-refractivity contribution in [3.8, 4) is 0 Å². The predicted molar refractivity (Wildman–Crippen MR) is 95.8 cm³/mol. The van der Waals surface area contributed by atoms with Gasteiger partial charge in [-0.1, -0.05) is 18.2 Å². The first kappa shape index (κ1) is 17.4. The van der Waals surface area contributed by atoms with E-state index in [9.17, 15) is 17.6 Å². The van der Waals surface area contributed by atoms with E-state index in [2.05, 4.69) is 0 Å². The maximum Gasteiger partial charge on any atom is 0.261 e. The smallest absolute Gasteiger partial charge is 0.261 e. The minimum absolute atomic E-state index is 0.0839. The molecule has 2 aromatic rings. The summed E-state index contributed by atoms with van der Waals surface area (Å²) in [6, 6.07) is 10.6. The van der Waals surface area contributed by atoms with Crippen molar-refractivity contribution in [2.45, 2.75) is 19.9 Å². The number of halogens is 1. The van der Waals surface area contributed by atoms with Crippen LogP contribution in [0.2, 0.25) is 0 Å². The van der Waals surface area contributed by atoms with Gasteiger partial charge in [0.2, 0.25) is 0 Å². The number of amides is 1. The zero-order chi connectivity index (χ0) is 18.2. The molecule has 0 aromatic heterocycles. The zero-order valence-corrected chi connectivity index (χ0v) is 14.8. The first-order chi connectivity index (χ1) is 11.8. The number of benzene rings is 2. The Hall–Kier alpha value is -2.47. The van der Waals surface area contributed by atoms with E-state index in [1.54, 1.807) is 18.2 Å². The summed E-state index contributed by atoms with van der Waals surface area (Å²) in [5.74, 6) is -1.40. The number of aryl methyl sites for hydroxylation is 2. The van der Waals surface area contributed by atoms with Gasteiger partial charge >= 0.3 is 0 Å². The molecule has 0 saturated heterocycles. The van der Waals surface area contributed by atoms with Crippen molar-refractivity contribution in [1.82, 2.24) is 0 Å². The first-order valence-electron chi connectivity index (χ1n) is 7.84. The molecule has 0 fully saturated rings. The molecule has 1 aliphatic rings. The fourth-order valence-electron chi connectivity index (χ4n) is 3.03. The number of hydrogen-bond donors (Lipinski definition) is 0. The first-order valence-corrected chi connectivity index (χ1v) is 9.56. The average Bonchev–Trinajstić information content (AvgIpc) is 2.86. The van der Waals surface area contributed by atoms with E-state index in [1.807, 2.05) is 19.9 Å². The van der Waals surface area contributed by atoms with Gasteiger partial charge in [0.1, 0.15) is 5.82 Å². The molecule has 0 aliphatic carbocycles. The molecule has 3 rings (SSSR count). The number of carbonyl (C=O) groups excluding carboxylic acids is 1. The molecule has 1 unspecified atom stereocenters. The Bertz CT molecular complexity index is 946. The summed E-state index contributed by atoms with van der Waals surface area (Å²) < 4.78 is 37.8. The molecule has 1 aliphatic heterocycles. The lowest BCUT2D eigenvalue weighted by atomic mass is 10.1.